The van der Waals surface area contributed by atoms with Gasteiger partial charge in [-0.25, -0.2) is 4.79 Å². The van der Waals surface area contributed by atoms with Crippen molar-refractivity contribution in [3.63, 3.8) is 0 Å². The molecule has 0 aromatic heterocycles. The number of amides is 1. The zero-order valence-electron chi connectivity index (χ0n) is 11.5. The molecule has 4 N–H and O–H groups in total. The summed E-state index contributed by atoms with van der Waals surface area (Å²) in [6.45, 7) is 0. The smallest absolute Gasteiger partial charge is 0.326 e. The third-order valence-electron chi connectivity index (χ3n) is 2.84. The maximum absolute atomic E-state index is 11.8. The molecule has 110 valence electrons. The van der Waals surface area contributed by atoms with Gasteiger partial charge in [-0.05, 0) is 42.5 Å². The number of nitrogen functional groups attached to an aromatic ring is 1. The summed E-state index contributed by atoms with van der Waals surface area (Å²) in [5, 5.41) is 11.6. The number of carboxylic acids is 1. The monoisotopic (exact) mass is 296 g/mol. The fourth-order valence-electron chi connectivity index (χ4n) is 1.77. The third kappa shape index (κ3) is 5.97. The lowest BCUT2D eigenvalue weighted by atomic mass is 10.1. The van der Waals surface area contributed by atoms with Crippen LogP contribution < -0.4 is 11.1 Å². The Morgan fingerprint density at radius 2 is 2.20 bits per heavy atom. The highest BCUT2D eigenvalue weighted by Gasteiger charge is 2.18. The highest BCUT2D eigenvalue weighted by Crippen LogP contribution is 2.09. The minimum atomic E-state index is -0.989. The molecular formula is C14H20N2O3S. The largest absolute Gasteiger partial charge is 0.480 e. The van der Waals surface area contributed by atoms with Crippen molar-refractivity contribution in [2.75, 3.05) is 17.7 Å². The first kappa shape index (κ1) is 16.4. The number of hydrogen-bond acceptors (Lipinski definition) is 4. The first-order valence-corrected chi connectivity index (χ1v) is 7.78. The Morgan fingerprint density at radius 1 is 1.45 bits per heavy atom. The Labute approximate surface area is 122 Å². The van der Waals surface area contributed by atoms with Crippen molar-refractivity contribution in [3.8, 4) is 0 Å². The topological polar surface area (TPSA) is 92.4 Å². The van der Waals surface area contributed by atoms with Crippen molar-refractivity contribution >= 4 is 29.3 Å². The molecule has 0 aliphatic rings. The Kier molecular flexibility index (Phi) is 6.93. The molecule has 0 saturated carbocycles. The second-order valence-corrected chi connectivity index (χ2v) is 5.47. The number of anilines is 1. The quantitative estimate of drug-likeness (QED) is 0.633. The third-order valence-corrected chi connectivity index (χ3v) is 3.48. The molecule has 0 spiro atoms. The van der Waals surface area contributed by atoms with Gasteiger partial charge in [-0.15, -0.1) is 0 Å². The summed E-state index contributed by atoms with van der Waals surface area (Å²) in [6, 6.07) is 6.52. The van der Waals surface area contributed by atoms with Crippen LogP contribution in [0.2, 0.25) is 0 Å². The van der Waals surface area contributed by atoms with E-state index in [1.165, 1.54) is 0 Å². The molecule has 0 aliphatic heterocycles. The molecule has 0 heterocycles. The molecule has 0 saturated heterocycles. The number of nitrogens with one attached hydrogen (secondary N) is 1. The van der Waals surface area contributed by atoms with Crippen molar-refractivity contribution < 1.29 is 14.7 Å². The van der Waals surface area contributed by atoms with E-state index in [1.54, 1.807) is 17.8 Å². The fraction of sp³-hybridized carbons (Fsp3) is 0.429. The molecule has 5 nitrogen and oxygen atoms in total. The van der Waals surface area contributed by atoms with E-state index < -0.39 is 12.0 Å². The number of aryl methyl sites for hydroxylation is 1. The van der Waals surface area contributed by atoms with Crippen LogP contribution in [-0.4, -0.2) is 35.0 Å². The minimum Gasteiger partial charge on any atom is -0.480 e. The number of carbonyl (C=O) groups is 2. The van der Waals surface area contributed by atoms with Gasteiger partial charge in [0.1, 0.15) is 6.04 Å². The SMILES string of the molecule is CSCC[C@H](NC(=O)CCc1cccc(N)c1)C(=O)O. The van der Waals surface area contributed by atoms with Gasteiger partial charge in [0.25, 0.3) is 0 Å². The van der Waals surface area contributed by atoms with Crippen LogP contribution in [0.15, 0.2) is 24.3 Å². The van der Waals surface area contributed by atoms with Crippen LogP contribution in [0.3, 0.4) is 0 Å². The van der Waals surface area contributed by atoms with Gasteiger partial charge in [-0.1, -0.05) is 12.1 Å². The second-order valence-electron chi connectivity index (χ2n) is 4.48. The zero-order chi connectivity index (χ0) is 15.0. The van der Waals surface area contributed by atoms with Gasteiger partial charge in [-0.2, -0.15) is 11.8 Å². The van der Waals surface area contributed by atoms with Gasteiger partial charge in [-0.3, -0.25) is 4.79 Å². The van der Waals surface area contributed by atoms with Crippen LogP contribution >= 0.6 is 11.8 Å². The van der Waals surface area contributed by atoms with Crippen molar-refractivity contribution in [1.82, 2.24) is 5.32 Å². The second kappa shape index (κ2) is 8.47. The number of hydrogen-bond donors (Lipinski definition) is 3. The van der Waals surface area contributed by atoms with Crippen LogP contribution in [0.4, 0.5) is 5.69 Å². The summed E-state index contributed by atoms with van der Waals surface area (Å²) in [5.74, 6) is -0.538. The van der Waals surface area contributed by atoms with Gasteiger partial charge in [0.05, 0.1) is 0 Å². The first-order chi connectivity index (χ1) is 9.52. The van der Waals surface area contributed by atoms with Gasteiger partial charge in [0.15, 0.2) is 0 Å². The van der Waals surface area contributed by atoms with E-state index in [1.807, 2.05) is 24.5 Å². The van der Waals surface area contributed by atoms with E-state index in [0.717, 1.165) is 5.56 Å². The standard InChI is InChI=1S/C14H20N2O3S/c1-20-8-7-12(14(18)19)16-13(17)6-5-10-3-2-4-11(15)9-10/h2-4,9,12H,5-8,15H2,1H3,(H,16,17)(H,18,19)/t12-/m0/s1. The molecule has 1 amide bonds. The number of benzene rings is 1. The lowest BCUT2D eigenvalue weighted by Crippen LogP contribution is -2.41. The van der Waals surface area contributed by atoms with E-state index >= 15 is 0 Å². The summed E-state index contributed by atoms with van der Waals surface area (Å²) in [7, 11) is 0. The van der Waals surface area contributed by atoms with Crippen LogP contribution in [0, 0.1) is 0 Å². The molecule has 1 rings (SSSR count). The lowest BCUT2D eigenvalue weighted by Gasteiger charge is -2.13. The molecular weight excluding hydrogens is 276 g/mol. The van der Waals surface area contributed by atoms with E-state index in [2.05, 4.69) is 5.32 Å². The van der Waals surface area contributed by atoms with Gasteiger partial charge in [0, 0.05) is 12.1 Å². The van der Waals surface area contributed by atoms with Crippen molar-refractivity contribution in [1.29, 1.82) is 0 Å². The Morgan fingerprint density at radius 3 is 2.80 bits per heavy atom. The highest BCUT2D eigenvalue weighted by atomic mass is 32.2. The van der Waals surface area contributed by atoms with E-state index in [4.69, 9.17) is 10.8 Å². The summed E-state index contributed by atoms with van der Waals surface area (Å²) in [5.41, 5.74) is 7.29. The van der Waals surface area contributed by atoms with Gasteiger partial charge in [0.2, 0.25) is 5.91 Å². The van der Waals surface area contributed by atoms with E-state index in [-0.39, 0.29) is 12.3 Å². The summed E-state index contributed by atoms with van der Waals surface area (Å²) >= 11 is 1.56. The van der Waals surface area contributed by atoms with Gasteiger partial charge >= 0.3 is 5.97 Å². The number of carbonyl (C=O) groups excluding carboxylic acids is 1. The molecule has 0 fully saturated rings. The average Bonchev–Trinajstić information content (AvgIpc) is 2.41. The molecule has 0 aliphatic carbocycles. The molecule has 0 unspecified atom stereocenters. The highest BCUT2D eigenvalue weighted by molar-refractivity contribution is 7.98. The van der Waals surface area contributed by atoms with Crippen molar-refractivity contribution in [3.05, 3.63) is 29.8 Å². The predicted octanol–water partition coefficient (Wildman–Crippen LogP) is 1.52. The van der Waals surface area contributed by atoms with Crippen LogP contribution in [0.5, 0.6) is 0 Å². The fourth-order valence-corrected chi connectivity index (χ4v) is 2.24. The minimum absolute atomic E-state index is 0.249. The Bertz CT molecular complexity index is 465. The number of rotatable bonds is 8. The Balaban J connectivity index is 2.43. The predicted molar refractivity (Wildman–Crippen MR) is 81.7 cm³/mol. The van der Waals surface area contributed by atoms with Crippen LogP contribution in [0.25, 0.3) is 0 Å². The maximum atomic E-state index is 11.8. The number of nitrogens with two attached hydrogens (primary N) is 1. The molecule has 1 atom stereocenters. The number of thioether (sulfide) groups is 1. The molecule has 20 heavy (non-hydrogen) atoms. The van der Waals surface area contributed by atoms with Crippen LogP contribution in [0.1, 0.15) is 18.4 Å². The summed E-state index contributed by atoms with van der Waals surface area (Å²) in [4.78, 5) is 22.8. The van der Waals surface area contributed by atoms with E-state index in [9.17, 15) is 9.59 Å². The zero-order valence-corrected chi connectivity index (χ0v) is 12.3. The molecule has 0 bridgehead atoms. The summed E-state index contributed by atoms with van der Waals surface area (Å²) in [6.07, 6.45) is 3.14. The van der Waals surface area contributed by atoms with E-state index in [0.29, 0.717) is 24.3 Å². The lowest BCUT2D eigenvalue weighted by molar-refractivity contribution is -0.141. The first-order valence-electron chi connectivity index (χ1n) is 6.38. The molecule has 1 aromatic carbocycles. The van der Waals surface area contributed by atoms with Crippen molar-refractivity contribution in [2.45, 2.75) is 25.3 Å². The van der Waals surface area contributed by atoms with Gasteiger partial charge < -0.3 is 16.2 Å². The van der Waals surface area contributed by atoms with Crippen LogP contribution in [-0.2, 0) is 16.0 Å². The Hall–Kier alpha value is -1.69. The molecule has 1 aromatic rings. The maximum Gasteiger partial charge on any atom is 0.326 e. The summed E-state index contributed by atoms with van der Waals surface area (Å²) < 4.78 is 0. The number of carboxylic acid groups (broad SMARTS) is 1. The molecule has 6 heteroatoms. The molecule has 0 radical (unpaired) electrons. The van der Waals surface area contributed by atoms with Crippen molar-refractivity contribution in [2.24, 2.45) is 0 Å². The normalized spacial score (nSPS) is 11.8. The number of aliphatic carboxylic acids is 1. The average molecular weight is 296 g/mol.